The molecule has 2 aromatic rings. The molecule has 1 aliphatic heterocycles. The molecular formula is C23H27Cl2N3O3S. The van der Waals surface area contributed by atoms with Crippen molar-refractivity contribution in [1.82, 2.24) is 4.90 Å². The van der Waals surface area contributed by atoms with Crippen LogP contribution in [0.4, 0.5) is 11.4 Å². The SMILES string of the molecule is CC(C)(CN1CCCC1COC(=O)Cc1ccccc1Nc1c(Cl)cccc1Cl)SN=O. The van der Waals surface area contributed by atoms with E-state index in [2.05, 4.69) is 14.8 Å². The predicted molar refractivity (Wildman–Crippen MR) is 133 cm³/mol. The second-order valence-electron chi connectivity index (χ2n) is 8.43. The summed E-state index contributed by atoms with van der Waals surface area (Å²) in [5.41, 5.74) is 2.15. The smallest absolute Gasteiger partial charge is 0.310 e. The summed E-state index contributed by atoms with van der Waals surface area (Å²) in [5.74, 6) is -0.292. The third kappa shape index (κ3) is 6.85. The van der Waals surface area contributed by atoms with Crippen molar-refractivity contribution >= 4 is 52.5 Å². The molecule has 1 atom stereocenters. The largest absolute Gasteiger partial charge is 0.464 e. The number of ether oxygens (including phenoxy) is 1. The Labute approximate surface area is 203 Å². The number of para-hydroxylation sites is 2. The van der Waals surface area contributed by atoms with Gasteiger partial charge in [0.15, 0.2) is 0 Å². The van der Waals surface area contributed by atoms with Gasteiger partial charge in [-0.3, -0.25) is 9.69 Å². The van der Waals surface area contributed by atoms with E-state index in [1.165, 1.54) is 0 Å². The molecule has 32 heavy (non-hydrogen) atoms. The molecule has 0 spiro atoms. The number of likely N-dealkylation sites (tertiary alicyclic amines) is 1. The third-order valence-electron chi connectivity index (χ3n) is 5.38. The Hall–Kier alpha value is -1.80. The number of nitroso groups, excluding NO2 is 1. The molecule has 0 saturated carbocycles. The van der Waals surface area contributed by atoms with Crippen LogP contribution in [-0.2, 0) is 16.0 Å². The topological polar surface area (TPSA) is 71.0 Å². The number of anilines is 2. The van der Waals surface area contributed by atoms with Gasteiger partial charge in [-0.1, -0.05) is 47.5 Å². The average molecular weight is 496 g/mol. The Bertz CT molecular complexity index is 938. The van der Waals surface area contributed by atoms with Crippen LogP contribution in [0.3, 0.4) is 0 Å². The highest BCUT2D eigenvalue weighted by Gasteiger charge is 2.32. The van der Waals surface area contributed by atoms with Gasteiger partial charge < -0.3 is 10.1 Å². The molecule has 1 fully saturated rings. The van der Waals surface area contributed by atoms with E-state index in [1.54, 1.807) is 18.2 Å². The number of carbonyl (C=O) groups is 1. The molecule has 0 radical (unpaired) electrons. The fourth-order valence-electron chi connectivity index (χ4n) is 3.85. The molecule has 9 heteroatoms. The summed E-state index contributed by atoms with van der Waals surface area (Å²) in [7, 11) is 0. The Morgan fingerprint density at radius 3 is 2.66 bits per heavy atom. The number of carbonyl (C=O) groups excluding carboxylic acids is 1. The minimum absolute atomic E-state index is 0.133. The van der Waals surface area contributed by atoms with E-state index in [-0.39, 0.29) is 23.2 Å². The molecule has 6 nitrogen and oxygen atoms in total. The molecule has 3 rings (SSSR count). The normalized spacial score (nSPS) is 16.7. The molecule has 1 heterocycles. The van der Waals surface area contributed by atoms with Crippen molar-refractivity contribution < 1.29 is 9.53 Å². The first kappa shape index (κ1) is 24.8. The summed E-state index contributed by atoms with van der Waals surface area (Å²) in [6.07, 6.45) is 2.14. The van der Waals surface area contributed by atoms with Crippen LogP contribution in [0, 0.1) is 4.91 Å². The van der Waals surface area contributed by atoms with Gasteiger partial charge in [0, 0.05) is 39.6 Å². The van der Waals surface area contributed by atoms with Gasteiger partial charge in [0.2, 0.25) is 0 Å². The van der Waals surface area contributed by atoms with E-state index in [0.717, 1.165) is 49.1 Å². The molecule has 0 amide bonds. The number of benzene rings is 2. The summed E-state index contributed by atoms with van der Waals surface area (Å²) >= 11 is 13.6. The lowest BCUT2D eigenvalue weighted by Gasteiger charge is -2.31. The van der Waals surface area contributed by atoms with E-state index >= 15 is 0 Å². The highest BCUT2D eigenvalue weighted by Crippen LogP contribution is 2.34. The van der Waals surface area contributed by atoms with Gasteiger partial charge in [-0.2, -0.15) is 0 Å². The number of rotatable bonds is 10. The van der Waals surface area contributed by atoms with Crippen LogP contribution in [-0.4, -0.2) is 41.4 Å². The highest BCUT2D eigenvalue weighted by atomic mass is 35.5. The number of hydrogen-bond acceptors (Lipinski definition) is 7. The van der Waals surface area contributed by atoms with Crippen LogP contribution in [0.15, 0.2) is 47.0 Å². The average Bonchev–Trinajstić information content (AvgIpc) is 3.16. The first-order valence-electron chi connectivity index (χ1n) is 10.5. The molecular weight excluding hydrogens is 469 g/mol. The lowest BCUT2D eigenvalue weighted by atomic mass is 10.1. The van der Waals surface area contributed by atoms with Crippen molar-refractivity contribution in [3.05, 3.63) is 63.0 Å². The summed E-state index contributed by atoms with van der Waals surface area (Å²) in [5, 5.41) is 4.24. The maximum atomic E-state index is 12.6. The molecule has 2 aromatic carbocycles. The number of halogens is 2. The number of esters is 1. The number of nitrogens with zero attached hydrogens (tertiary/aromatic N) is 2. The van der Waals surface area contributed by atoms with Crippen LogP contribution in [0.2, 0.25) is 10.0 Å². The fourth-order valence-corrected chi connectivity index (χ4v) is 4.77. The molecule has 0 bridgehead atoms. The van der Waals surface area contributed by atoms with Crippen molar-refractivity contribution in [3.63, 3.8) is 0 Å². The monoisotopic (exact) mass is 495 g/mol. The standard InChI is InChI=1S/C23H27Cl2N3O3S/c1-23(2,32-27-30)15-28-12-6-8-17(28)14-31-21(29)13-16-7-3-4-11-20(16)26-22-18(24)9-5-10-19(22)25/h3-5,7,9-11,17,26H,6,8,12-15H2,1-2H3. The second kappa shape index (κ2) is 11.4. The van der Waals surface area contributed by atoms with Gasteiger partial charge in [0.05, 0.1) is 22.2 Å². The van der Waals surface area contributed by atoms with Crippen LogP contribution < -0.4 is 5.32 Å². The zero-order chi connectivity index (χ0) is 23.1. The van der Waals surface area contributed by atoms with Crippen molar-refractivity contribution in [2.24, 2.45) is 4.58 Å². The third-order valence-corrected chi connectivity index (χ3v) is 6.71. The van der Waals surface area contributed by atoms with Gasteiger partial charge in [0.25, 0.3) is 0 Å². The maximum absolute atomic E-state index is 12.6. The minimum Gasteiger partial charge on any atom is -0.464 e. The lowest BCUT2D eigenvalue weighted by Crippen LogP contribution is -2.41. The van der Waals surface area contributed by atoms with E-state index in [0.29, 0.717) is 22.3 Å². The molecule has 0 aliphatic carbocycles. The Kier molecular flexibility index (Phi) is 8.82. The van der Waals surface area contributed by atoms with E-state index in [4.69, 9.17) is 27.9 Å². The molecule has 1 saturated heterocycles. The summed E-state index contributed by atoms with van der Waals surface area (Å²) in [4.78, 5) is 25.5. The van der Waals surface area contributed by atoms with Gasteiger partial charge in [-0.05, 0) is 57.0 Å². The van der Waals surface area contributed by atoms with Crippen LogP contribution in [0.5, 0.6) is 0 Å². The summed E-state index contributed by atoms with van der Waals surface area (Å²) < 4.78 is 8.33. The maximum Gasteiger partial charge on any atom is 0.310 e. The Morgan fingerprint density at radius 1 is 1.22 bits per heavy atom. The zero-order valence-corrected chi connectivity index (χ0v) is 20.5. The van der Waals surface area contributed by atoms with Crippen LogP contribution in [0.25, 0.3) is 0 Å². The summed E-state index contributed by atoms with van der Waals surface area (Å²) in [6, 6.07) is 13.0. The Balaban J connectivity index is 1.59. The molecule has 1 aliphatic rings. The Morgan fingerprint density at radius 2 is 1.94 bits per heavy atom. The van der Waals surface area contributed by atoms with Crippen LogP contribution >= 0.6 is 35.1 Å². The second-order valence-corrected chi connectivity index (χ2v) is 10.7. The first-order chi connectivity index (χ1) is 15.3. The van der Waals surface area contributed by atoms with E-state index < -0.39 is 0 Å². The summed E-state index contributed by atoms with van der Waals surface area (Å²) in [6.45, 7) is 5.97. The molecule has 0 aromatic heterocycles. The van der Waals surface area contributed by atoms with Gasteiger partial charge >= 0.3 is 5.97 Å². The van der Waals surface area contributed by atoms with E-state index in [9.17, 15) is 9.70 Å². The van der Waals surface area contributed by atoms with Gasteiger partial charge in [-0.15, -0.1) is 4.91 Å². The molecule has 1 unspecified atom stereocenters. The first-order valence-corrected chi connectivity index (χ1v) is 12.0. The minimum atomic E-state index is -0.292. The van der Waals surface area contributed by atoms with Crippen LogP contribution in [0.1, 0.15) is 32.3 Å². The number of nitrogens with one attached hydrogen (secondary N) is 1. The molecule has 172 valence electrons. The predicted octanol–water partition coefficient (Wildman–Crippen LogP) is 6.48. The quantitative estimate of drug-likeness (QED) is 0.231. The molecule has 1 N–H and O–H groups in total. The highest BCUT2D eigenvalue weighted by molar-refractivity contribution is 7.99. The van der Waals surface area contributed by atoms with E-state index in [1.807, 2.05) is 38.1 Å². The fraction of sp³-hybridized carbons (Fsp3) is 0.435. The van der Waals surface area contributed by atoms with Crippen molar-refractivity contribution in [3.8, 4) is 0 Å². The van der Waals surface area contributed by atoms with Gasteiger partial charge in [-0.25, -0.2) is 0 Å². The van der Waals surface area contributed by atoms with Crippen molar-refractivity contribution in [2.45, 2.75) is 43.9 Å². The lowest BCUT2D eigenvalue weighted by molar-refractivity contribution is -0.144. The van der Waals surface area contributed by atoms with Crippen molar-refractivity contribution in [1.29, 1.82) is 0 Å². The number of hydrogen-bond donors (Lipinski definition) is 1. The van der Waals surface area contributed by atoms with Gasteiger partial charge in [0.1, 0.15) is 6.61 Å². The van der Waals surface area contributed by atoms with Crippen molar-refractivity contribution in [2.75, 3.05) is 25.0 Å². The zero-order valence-electron chi connectivity index (χ0n) is 18.1.